The van der Waals surface area contributed by atoms with Crippen LogP contribution >= 0.6 is 0 Å². The van der Waals surface area contributed by atoms with Gasteiger partial charge in [0.25, 0.3) is 0 Å². The van der Waals surface area contributed by atoms with E-state index in [0.29, 0.717) is 5.92 Å². The molecule has 7 nitrogen and oxygen atoms in total. The Hall–Kier alpha value is -1.73. The van der Waals surface area contributed by atoms with E-state index in [-0.39, 0.29) is 6.10 Å². The Morgan fingerprint density at radius 2 is 2.29 bits per heavy atom. The van der Waals surface area contributed by atoms with Crippen LogP contribution in [0.4, 0.5) is 0 Å². The van der Waals surface area contributed by atoms with Crippen LogP contribution in [0.15, 0.2) is 18.5 Å². The van der Waals surface area contributed by atoms with Crippen molar-refractivity contribution in [2.45, 2.75) is 25.5 Å². The topological polar surface area (TPSA) is 69.8 Å². The Morgan fingerprint density at radius 3 is 3.00 bits per heavy atom. The van der Waals surface area contributed by atoms with Crippen LogP contribution in [-0.4, -0.2) is 37.9 Å². The van der Waals surface area contributed by atoms with Crippen LogP contribution in [0.5, 0.6) is 0 Å². The van der Waals surface area contributed by atoms with Crippen LogP contribution in [0.2, 0.25) is 0 Å². The molecule has 114 valence electrons. The number of nitrogens with zero attached hydrogens (tertiary/aromatic N) is 5. The van der Waals surface area contributed by atoms with Crippen LogP contribution in [0.25, 0.3) is 0 Å². The average molecular weight is 290 g/mol. The van der Waals surface area contributed by atoms with E-state index in [0.717, 1.165) is 37.5 Å². The molecule has 1 aliphatic heterocycles. The Kier molecular flexibility index (Phi) is 4.31. The standard InChI is InChI=1S/C14H22N6O/c1-19-13(5-6-16-19)14-11(4-3-7-21-14)8-15-9-12-10-17-20(2)18-12/h5-6,10-11,14-15H,3-4,7-9H2,1-2H3/t11-,14+/m0/s1. The van der Waals surface area contributed by atoms with Crippen LogP contribution in [0.3, 0.4) is 0 Å². The van der Waals surface area contributed by atoms with Crippen molar-refractivity contribution in [1.82, 2.24) is 30.1 Å². The SMILES string of the molecule is Cn1ncc(CNC[C@@H]2CCCO[C@H]2c2ccnn2C)n1. The highest BCUT2D eigenvalue weighted by Crippen LogP contribution is 2.32. The number of aromatic nitrogens is 5. The summed E-state index contributed by atoms with van der Waals surface area (Å²) in [5.74, 6) is 0.464. The Balaban J connectivity index is 1.58. The summed E-state index contributed by atoms with van der Waals surface area (Å²) < 4.78 is 7.90. The summed E-state index contributed by atoms with van der Waals surface area (Å²) in [5.41, 5.74) is 2.12. The molecule has 1 saturated heterocycles. The van der Waals surface area contributed by atoms with Crippen molar-refractivity contribution in [1.29, 1.82) is 0 Å². The summed E-state index contributed by atoms with van der Waals surface area (Å²) in [7, 11) is 3.80. The fourth-order valence-electron chi connectivity index (χ4n) is 2.90. The lowest BCUT2D eigenvalue weighted by Gasteiger charge is -2.32. The third-order valence-corrected chi connectivity index (χ3v) is 3.95. The third-order valence-electron chi connectivity index (χ3n) is 3.95. The second kappa shape index (κ2) is 6.36. The lowest BCUT2D eigenvalue weighted by Crippen LogP contribution is -2.32. The highest BCUT2D eigenvalue weighted by Gasteiger charge is 2.29. The van der Waals surface area contributed by atoms with Gasteiger partial charge in [-0.25, -0.2) is 0 Å². The quantitative estimate of drug-likeness (QED) is 0.882. The normalized spacial score (nSPS) is 22.6. The molecule has 7 heteroatoms. The zero-order valence-corrected chi connectivity index (χ0v) is 12.6. The van der Waals surface area contributed by atoms with E-state index < -0.39 is 0 Å². The van der Waals surface area contributed by atoms with Crippen molar-refractivity contribution < 1.29 is 4.74 Å². The Morgan fingerprint density at radius 1 is 1.38 bits per heavy atom. The van der Waals surface area contributed by atoms with Crippen LogP contribution in [0.1, 0.15) is 30.3 Å². The maximum absolute atomic E-state index is 5.99. The maximum atomic E-state index is 5.99. The first-order valence-corrected chi connectivity index (χ1v) is 7.39. The van der Waals surface area contributed by atoms with Gasteiger partial charge >= 0.3 is 0 Å². The zero-order chi connectivity index (χ0) is 14.7. The number of hydrogen-bond donors (Lipinski definition) is 1. The minimum Gasteiger partial charge on any atom is -0.372 e. The first-order valence-electron chi connectivity index (χ1n) is 7.39. The molecule has 2 aromatic rings. The van der Waals surface area contributed by atoms with Crippen molar-refractivity contribution in [3.63, 3.8) is 0 Å². The van der Waals surface area contributed by atoms with Crippen LogP contribution < -0.4 is 5.32 Å². The fraction of sp³-hybridized carbons (Fsp3) is 0.643. The third kappa shape index (κ3) is 3.30. The molecule has 0 amide bonds. The van der Waals surface area contributed by atoms with Gasteiger partial charge in [0, 0.05) is 45.9 Å². The van der Waals surface area contributed by atoms with Gasteiger partial charge in [0.2, 0.25) is 0 Å². The summed E-state index contributed by atoms with van der Waals surface area (Å²) in [6, 6.07) is 2.05. The average Bonchev–Trinajstić information content (AvgIpc) is 3.08. The summed E-state index contributed by atoms with van der Waals surface area (Å²) in [5, 5.41) is 16.1. The predicted molar refractivity (Wildman–Crippen MR) is 77.3 cm³/mol. The number of rotatable bonds is 5. The minimum atomic E-state index is 0.126. The van der Waals surface area contributed by atoms with E-state index in [1.807, 2.05) is 31.0 Å². The van der Waals surface area contributed by atoms with Gasteiger partial charge in [-0.3, -0.25) is 4.68 Å². The first kappa shape index (κ1) is 14.2. The molecular weight excluding hydrogens is 268 g/mol. The first-order chi connectivity index (χ1) is 10.2. The van der Waals surface area contributed by atoms with Crippen molar-refractivity contribution in [2.24, 2.45) is 20.0 Å². The minimum absolute atomic E-state index is 0.126. The van der Waals surface area contributed by atoms with Gasteiger partial charge in [0.05, 0.1) is 17.6 Å². The van der Waals surface area contributed by atoms with Crippen LogP contribution in [0, 0.1) is 5.92 Å². The van der Waals surface area contributed by atoms with Crippen molar-refractivity contribution in [3.05, 3.63) is 29.8 Å². The summed E-state index contributed by atoms with van der Waals surface area (Å²) in [6.07, 6.45) is 6.04. The van der Waals surface area contributed by atoms with Gasteiger partial charge in [-0.05, 0) is 18.9 Å². The molecular formula is C14H22N6O. The van der Waals surface area contributed by atoms with Gasteiger partial charge < -0.3 is 10.1 Å². The molecule has 2 aromatic heterocycles. The van der Waals surface area contributed by atoms with Crippen molar-refractivity contribution in [3.8, 4) is 0 Å². The molecule has 1 fully saturated rings. The van der Waals surface area contributed by atoms with Gasteiger partial charge in [-0.1, -0.05) is 0 Å². The fourth-order valence-corrected chi connectivity index (χ4v) is 2.90. The smallest absolute Gasteiger partial charge is 0.103 e. The molecule has 2 atom stereocenters. The Labute approximate surface area is 124 Å². The molecule has 0 aliphatic carbocycles. The molecule has 3 heterocycles. The Bertz CT molecular complexity index is 578. The van der Waals surface area contributed by atoms with Crippen molar-refractivity contribution >= 4 is 0 Å². The lowest BCUT2D eigenvalue weighted by atomic mass is 9.92. The van der Waals surface area contributed by atoms with E-state index in [1.54, 1.807) is 11.0 Å². The highest BCUT2D eigenvalue weighted by molar-refractivity contribution is 5.07. The molecule has 0 saturated carbocycles. The molecule has 0 unspecified atom stereocenters. The maximum Gasteiger partial charge on any atom is 0.103 e. The monoisotopic (exact) mass is 290 g/mol. The summed E-state index contributed by atoms with van der Waals surface area (Å²) >= 11 is 0. The van der Waals surface area contributed by atoms with Gasteiger partial charge in [0.15, 0.2) is 0 Å². The summed E-state index contributed by atoms with van der Waals surface area (Å²) in [6.45, 7) is 2.48. The van der Waals surface area contributed by atoms with Gasteiger partial charge in [-0.15, -0.1) is 0 Å². The largest absolute Gasteiger partial charge is 0.372 e. The molecule has 1 N–H and O–H groups in total. The number of aryl methyl sites for hydroxylation is 2. The summed E-state index contributed by atoms with van der Waals surface area (Å²) in [4.78, 5) is 1.58. The van der Waals surface area contributed by atoms with E-state index >= 15 is 0 Å². The number of nitrogens with one attached hydrogen (secondary N) is 1. The van der Waals surface area contributed by atoms with Crippen molar-refractivity contribution in [2.75, 3.05) is 13.2 Å². The predicted octanol–water partition coefficient (Wildman–Crippen LogP) is 0.806. The molecule has 21 heavy (non-hydrogen) atoms. The van der Waals surface area contributed by atoms with E-state index in [1.165, 1.54) is 6.42 Å². The van der Waals surface area contributed by atoms with E-state index in [9.17, 15) is 0 Å². The molecule has 0 aromatic carbocycles. The molecule has 1 aliphatic rings. The highest BCUT2D eigenvalue weighted by atomic mass is 16.5. The molecule has 0 radical (unpaired) electrons. The second-order valence-electron chi connectivity index (χ2n) is 5.53. The molecule has 3 rings (SSSR count). The molecule has 0 bridgehead atoms. The lowest BCUT2D eigenvalue weighted by molar-refractivity contribution is -0.0323. The van der Waals surface area contributed by atoms with Crippen LogP contribution in [-0.2, 0) is 25.4 Å². The number of hydrogen-bond acceptors (Lipinski definition) is 5. The van der Waals surface area contributed by atoms with E-state index in [4.69, 9.17) is 4.74 Å². The number of ether oxygens (including phenoxy) is 1. The van der Waals surface area contributed by atoms with E-state index in [2.05, 4.69) is 20.6 Å². The van der Waals surface area contributed by atoms with Gasteiger partial charge in [0.1, 0.15) is 6.10 Å². The van der Waals surface area contributed by atoms with Gasteiger partial charge in [-0.2, -0.15) is 20.1 Å². The second-order valence-corrected chi connectivity index (χ2v) is 5.53. The molecule has 0 spiro atoms. The zero-order valence-electron chi connectivity index (χ0n) is 12.6.